The molecule has 0 aromatic rings. The fraction of sp³-hybridized carbons (Fsp3) is 0.900. The second-order valence-electron chi connectivity index (χ2n) is 4.32. The van der Waals surface area contributed by atoms with Crippen LogP contribution in [0.1, 0.15) is 19.8 Å². The van der Waals surface area contributed by atoms with Crippen LogP contribution in [-0.4, -0.2) is 68.0 Å². The molecule has 8 heteroatoms. The topological polar surface area (TPSA) is 90.0 Å². The highest BCUT2D eigenvalue weighted by Crippen LogP contribution is 2.06. The summed E-state index contributed by atoms with van der Waals surface area (Å²) in [5, 5.41) is 8.71. The molecule has 1 rings (SSSR count). The molecule has 0 unspecified atom stereocenters. The zero-order valence-electron chi connectivity index (χ0n) is 10.6. The number of nitrogens with one attached hydrogen (secondary N) is 1. The zero-order valence-corrected chi connectivity index (χ0v) is 11.4. The van der Waals surface area contributed by atoms with Crippen molar-refractivity contribution in [3.05, 3.63) is 0 Å². The van der Waals surface area contributed by atoms with Gasteiger partial charge in [0.2, 0.25) is 0 Å². The Hall–Kier alpha value is -0.700. The number of carboxylic acid groups (broad SMARTS) is 1. The Labute approximate surface area is 108 Å². The molecule has 0 aromatic carbocycles. The Morgan fingerprint density at radius 3 is 2.61 bits per heavy atom. The van der Waals surface area contributed by atoms with Gasteiger partial charge in [-0.3, -0.25) is 9.69 Å². The Morgan fingerprint density at radius 2 is 2.00 bits per heavy atom. The quantitative estimate of drug-likeness (QED) is 0.672. The lowest BCUT2D eigenvalue weighted by Gasteiger charge is -2.20. The molecule has 0 atom stereocenters. The van der Waals surface area contributed by atoms with Gasteiger partial charge < -0.3 is 5.11 Å². The van der Waals surface area contributed by atoms with Crippen molar-refractivity contribution in [1.82, 2.24) is 13.9 Å². The third kappa shape index (κ3) is 4.89. The van der Waals surface area contributed by atoms with E-state index in [1.165, 1.54) is 4.31 Å². The summed E-state index contributed by atoms with van der Waals surface area (Å²) in [6.45, 7) is 4.15. The van der Waals surface area contributed by atoms with Crippen LogP contribution in [0.2, 0.25) is 0 Å². The first kappa shape index (κ1) is 15.4. The predicted molar refractivity (Wildman–Crippen MR) is 67.5 cm³/mol. The van der Waals surface area contributed by atoms with Gasteiger partial charge >= 0.3 is 5.97 Å². The summed E-state index contributed by atoms with van der Waals surface area (Å²) in [5.74, 6) is -0.879. The number of carboxylic acids is 1. The number of hydrogen-bond donors (Lipinski definition) is 2. The van der Waals surface area contributed by atoms with E-state index in [2.05, 4.69) is 4.72 Å². The highest BCUT2D eigenvalue weighted by molar-refractivity contribution is 7.87. The molecule has 0 spiro atoms. The van der Waals surface area contributed by atoms with Crippen LogP contribution in [-0.2, 0) is 15.0 Å². The largest absolute Gasteiger partial charge is 0.480 e. The van der Waals surface area contributed by atoms with Crippen LogP contribution in [0.3, 0.4) is 0 Å². The molecule has 0 aliphatic carbocycles. The minimum absolute atomic E-state index is 0.0315. The van der Waals surface area contributed by atoms with Crippen LogP contribution in [0, 0.1) is 0 Å². The lowest BCUT2D eigenvalue weighted by atomic mass is 10.4. The Kier molecular flexibility index (Phi) is 6.00. The standard InChI is InChI=1S/C10H21N3O4S/c1-2-4-11-18(16,17)13-6-3-5-12(7-8-13)9-10(14)15/h11H,2-9H2,1H3,(H,14,15). The summed E-state index contributed by atoms with van der Waals surface area (Å²) in [6, 6.07) is 0. The number of rotatable bonds is 6. The van der Waals surface area contributed by atoms with Gasteiger partial charge in [0.15, 0.2) is 0 Å². The Bertz CT molecular complexity index is 371. The van der Waals surface area contributed by atoms with Gasteiger partial charge in [-0.25, -0.2) is 4.72 Å². The first-order valence-electron chi connectivity index (χ1n) is 6.14. The summed E-state index contributed by atoms with van der Waals surface area (Å²) in [7, 11) is -3.41. The lowest BCUT2D eigenvalue weighted by Crippen LogP contribution is -2.43. The van der Waals surface area contributed by atoms with Crippen molar-refractivity contribution in [2.75, 3.05) is 39.3 Å². The van der Waals surface area contributed by atoms with Gasteiger partial charge in [0, 0.05) is 32.7 Å². The third-order valence-corrected chi connectivity index (χ3v) is 4.39. The molecule has 18 heavy (non-hydrogen) atoms. The molecule has 1 heterocycles. The molecular weight excluding hydrogens is 258 g/mol. The van der Waals surface area contributed by atoms with E-state index in [1.54, 1.807) is 4.90 Å². The van der Waals surface area contributed by atoms with Crippen molar-refractivity contribution in [3.63, 3.8) is 0 Å². The Morgan fingerprint density at radius 1 is 1.28 bits per heavy atom. The molecule has 0 amide bonds. The molecule has 0 saturated carbocycles. The number of aliphatic carboxylic acids is 1. The smallest absolute Gasteiger partial charge is 0.317 e. The molecule has 1 aliphatic heterocycles. The molecule has 0 aromatic heterocycles. The van der Waals surface area contributed by atoms with Crippen LogP contribution in [0.5, 0.6) is 0 Å². The van der Waals surface area contributed by atoms with Crippen LogP contribution in [0.15, 0.2) is 0 Å². The molecule has 1 fully saturated rings. The molecule has 1 saturated heterocycles. The minimum atomic E-state index is -3.41. The van der Waals surface area contributed by atoms with Crippen molar-refractivity contribution < 1.29 is 18.3 Å². The van der Waals surface area contributed by atoms with Crippen molar-refractivity contribution in [2.45, 2.75) is 19.8 Å². The van der Waals surface area contributed by atoms with Gasteiger partial charge in [-0.05, 0) is 12.8 Å². The van der Waals surface area contributed by atoms with Crippen LogP contribution in [0.4, 0.5) is 0 Å². The third-order valence-electron chi connectivity index (χ3n) is 2.78. The van der Waals surface area contributed by atoms with Gasteiger partial charge in [0.25, 0.3) is 10.2 Å². The second kappa shape index (κ2) is 7.03. The van der Waals surface area contributed by atoms with E-state index in [9.17, 15) is 13.2 Å². The highest BCUT2D eigenvalue weighted by atomic mass is 32.2. The minimum Gasteiger partial charge on any atom is -0.480 e. The molecule has 7 nitrogen and oxygen atoms in total. The molecule has 1 aliphatic rings. The summed E-state index contributed by atoms with van der Waals surface area (Å²) < 4.78 is 27.7. The highest BCUT2D eigenvalue weighted by Gasteiger charge is 2.24. The van der Waals surface area contributed by atoms with E-state index in [0.717, 1.165) is 6.42 Å². The first-order valence-corrected chi connectivity index (χ1v) is 7.58. The average Bonchev–Trinajstić information content (AvgIpc) is 2.52. The van der Waals surface area contributed by atoms with Gasteiger partial charge in [-0.15, -0.1) is 0 Å². The summed E-state index contributed by atoms with van der Waals surface area (Å²) in [5.41, 5.74) is 0. The molecule has 0 radical (unpaired) electrons. The zero-order chi connectivity index (χ0) is 13.6. The first-order chi connectivity index (χ1) is 8.45. The molecule has 106 valence electrons. The van der Waals surface area contributed by atoms with Gasteiger partial charge in [0.05, 0.1) is 6.54 Å². The van der Waals surface area contributed by atoms with Crippen molar-refractivity contribution in [2.24, 2.45) is 0 Å². The van der Waals surface area contributed by atoms with Crippen molar-refractivity contribution >= 4 is 16.2 Å². The summed E-state index contributed by atoms with van der Waals surface area (Å²) >= 11 is 0. The number of nitrogens with zero attached hydrogens (tertiary/aromatic N) is 2. The van der Waals surface area contributed by atoms with Crippen LogP contribution >= 0.6 is 0 Å². The van der Waals surface area contributed by atoms with E-state index >= 15 is 0 Å². The maximum absolute atomic E-state index is 11.9. The fourth-order valence-electron chi connectivity index (χ4n) is 1.86. The van der Waals surface area contributed by atoms with Gasteiger partial charge in [-0.1, -0.05) is 6.92 Å². The van der Waals surface area contributed by atoms with E-state index in [0.29, 0.717) is 39.1 Å². The second-order valence-corrected chi connectivity index (χ2v) is 6.08. The maximum Gasteiger partial charge on any atom is 0.317 e. The monoisotopic (exact) mass is 279 g/mol. The normalized spacial score (nSPS) is 19.6. The predicted octanol–water partition coefficient (Wildman–Crippen LogP) is -0.677. The lowest BCUT2D eigenvalue weighted by molar-refractivity contribution is -0.138. The number of hydrogen-bond acceptors (Lipinski definition) is 4. The van der Waals surface area contributed by atoms with Crippen molar-refractivity contribution in [3.8, 4) is 0 Å². The van der Waals surface area contributed by atoms with Gasteiger partial charge in [0.1, 0.15) is 0 Å². The van der Waals surface area contributed by atoms with E-state index < -0.39 is 16.2 Å². The SMILES string of the molecule is CCCNS(=O)(=O)N1CCCN(CC(=O)O)CC1. The fourth-order valence-corrected chi connectivity index (χ4v) is 3.20. The van der Waals surface area contributed by atoms with E-state index in [1.807, 2.05) is 6.92 Å². The summed E-state index contributed by atoms with van der Waals surface area (Å²) in [6.07, 6.45) is 1.40. The maximum atomic E-state index is 11.9. The summed E-state index contributed by atoms with van der Waals surface area (Å²) in [4.78, 5) is 12.4. The average molecular weight is 279 g/mol. The van der Waals surface area contributed by atoms with E-state index in [4.69, 9.17) is 5.11 Å². The molecule has 0 bridgehead atoms. The van der Waals surface area contributed by atoms with Gasteiger partial charge in [-0.2, -0.15) is 12.7 Å². The Balaban J connectivity index is 2.53. The van der Waals surface area contributed by atoms with Crippen molar-refractivity contribution in [1.29, 1.82) is 0 Å². The van der Waals surface area contributed by atoms with Crippen LogP contribution in [0.25, 0.3) is 0 Å². The van der Waals surface area contributed by atoms with Crippen LogP contribution < -0.4 is 4.72 Å². The number of carbonyl (C=O) groups is 1. The molecular formula is C10H21N3O4S. The molecule has 2 N–H and O–H groups in total. The van der Waals surface area contributed by atoms with E-state index in [-0.39, 0.29) is 6.54 Å².